The van der Waals surface area contributed by atoms with Crippen LogP contribution in [0.15, 0.2) is 19.2 Å². The summed E-state index contributed by atoms with van der Waals surface area (Å²) < 4.78 is 2.78. The van der Waals surface area contributed by atoms with Gasteiger partial charge in [-0.1, -0.05) is 34.4 Å². The molecule has 2 rings (SSSR count). The first kappa shape index (κ1) is 10.2. The SMILES string of the molecule is CSc1nnc(Sc2ncc(N)s2)s1. The van der Waals surface area contributed by atoms with Gasteiger partial charge in [-0.2, -0.15) is 0 Å². The fraction of sp³-hybridized carbons (Fsp3) is 0.167. The number of thiazole rings is 1. The van der Waals surface area contributed by atoms with Crippen molar-refractivity contribution in [3.63, 3.8) is 0 Å². The lowest BCUT2D eigenvalue weighted by Crippen LogP contribution is -1.73. The second-order valence-electron chi connectivity index (χ2n) is 2.17. The fourth-order valence-corrected chi connectivity index (χ4v) is 4.12. The summed E-state index contributed by atoms with van der Waals surface area (Å²) in [6, 6.07) is 0. The number of aromatic nitrogens is 3. The van der Waals surface area contributed by atoms with Gasteiger partial charge in [0.05, 0.1) is 6.20 Å². The molecule has 2 N–H and O–H groups in total. The van der Waals surface area contributed by atoms with Gasteiger partial charge in [0, 0.05) is 0 Å². The van der Waals surface area contributed by atoms with Crippen LogP contribution in [0.25, 0.3) is 0 Å². The molecule has 0 atom stereocenters. The Morgan fingerprint density at radius 3 is 2.57 bits per heavy atom. The molecule has 0 amide bonds. The zero-order valence-electron chi connectivity index (χ0n) is 7.13. The molecule has 0 aliphatic heterocycles. The summed E-state index contributed by atoms with van der Waals surface area (Å²) in [4.78, 5) is 4.13. The van der Waals surface area contributed by atoms with E-state index in [1.165, 1.54) is 23.1 Å². The van der Waals surface area contributed by atoms with Crippen molar-refractivity contribution in [3.8, 4) is 0 Å². The molecule has 2 aromatic rings. The lowest BCUT2D eigenvalue weighted by Gasteiger charge is -1.86. The Morgan fingerprint density at radius 1 is 1.21 bits per heavy atom. The molecule has 0 saturated heterocycles. The summed E-state index contributed by atoms with van der Waals surface area (Å²) in [7, 11) is 0. The van der Waals surface area contributed by atoms with E-state index in [1.54, 1.807) is 29.3 Å². The van der Waals surface area contributed by atoms with Crippen molar-refractivity contribution in [2.75, 3.05) is 12.0 Å². The Kier molecular flexibility index (Phi) is 3.26. The number of anilines is 1. The van der Waals surface area contributed by atoms with E-state index in [2.05, 4.69) is 15.2 Å². The second kappa shape index (κ2) is 4.47. The molecule has 2 heterocycles. The predicted molar refractivity (Wildman–Crippen MR) is 62.3 cm³/mol. The van der Waals surface area contributed by atoms with E-state index in [-0.39, 0.29) is 0 Å². The molecule has 0 fully saturated rings. The van der Waals surface area contributed by atoms with Crippen molar-refractivity contribution in [1.82, 2.24) is 15.2 Å². The number of thioether (sulfide) groups is 1. The van der Waals surface area contributed by atoms with Crippen LogP contribution < -0.4 is 5.73 Å². The van der Waals surface area contributed by atoms with Gasteiger partial charge in [-0.05, 0) is 18.0 Å². The lowest BCUT2D eigenvalue weighted by molar-refractivity contribution is 0.955. The van der Waals surface area contributed by atoms with E-state index in [4.69, 9.17) is 5.73 Å². The normalized spacial score (nSPS) is 10.6. The standard InChI is InChI=1S/C6H6N4S4/c1-11-5-9-10-6(14-5)13-4-8-2-3(7)12-4/h2H,7H2,1H3. The molecule has 0 unspecified atom stereocenters. The van der Waals surface area contributed by atoms with Crippen LogP contribution in [-0.4, -0.2) is 21.4 Å². The first-order valence-electron chi connectivity index (χ1n) is 3.54. The minimum atomic E-state index is 0.724. The van der Waals surface area contributed by atoms with E-state index in [9.17, 15) is 0 Å². The van der Waals surface area contributed by atoms with Gasteiger partial charge >= 0.3 is 0 Å². The maximum atomic E-state index is 5.57. The number of rotatable bonds is 3. The molecule has 0 saturated carbocycles. The predicted octanol–water partition coefficient (Wildman–Crippen LogP) is 2.45. The van der Waals surface area contributed by atoms with Crippen LogP contribution in [0.5, 0.6) is 0 Å². The summed E-state index contributed by atoms with van der Waals surface area (Å²) in [6.07, 6.45) is 3.64. The highest BCUT2D eigenvalue weighted by Crippen LogP contribution is 2.35. The van der Waals surface area contributed by atoms with E-state index in [0.29, 0.717) is 0 Å². The molecule has 0 bridgehead atoms. The third kappa shape index (κ3) is 2.38. The third-order valence-corrected chi connectivity index (χ3v) is 5.09. The van der Waals surface area contributed by atoms with Gasteiger partial charge in [0.1, 0.15) is 5.00 Å². The molecule has 0 aliphatic rings. The Labute approximate surface area is 97.3 Å². The summed E-state index contributed by atoms with van der Waals surface area (Å²) >= 11 is 6.13. The van der Waals surface area contributed by atoms with Gasteiger partial charge in [-0.25, -0.2) is 4.98 Å². The number of hydrogen-bond acceptors (Lipinski definition) is 8. The molecule has 14 heavy (non-hydrogen) atoms. The van der Waals surface area contributed by atoms with Crippen LogP contribution in [0.3, 0.4) is 0 Å². The maximum absolute atomic E-state index is 5.57. The van der Waals surface area contributed by atoms with Crippen LogP contribution >= 0.6 is 46.2 Å². The van der Waals surface area contributed by atoms with E-state index in [1.807, 2.05) is 6.26 Å². The minimum absolute atomic E-state index is 0.724. The van der Waals surface area contributed by atoms with Crippen LogP contribution in [0, 0.1) is 0 Å². The molecule has 8 heteroatoms. The Hall–Kier alpha value is -0.310. The molecule has 0 spiro atoms. The van der Waals surface area contributed by atoms with Crippen LogP contribution in [0.2, 0.25) is 0 Å². The smallest absolute Gasteiger partial charge is 0.182 e. The highest BCUT2D eigenvalue weighted by molar-refractivity contribution is 8.04. The van der Waals surface area contributed by atoms with Crippen LogP contribution in [-0.2, 0) is 0 Å². The molecule has 0 aromatic carbocycles. The summed E-state index contributed by atoms with van der Waals surface area (Å²) in [6.45, 7) is 0. The molecule has 0 radical (unpaired) electrons. The first-order chi connectivity index (χ1) is 6.78. The number of nitrogen functional groups attached to an aromatic ring is 1. The van der Waals surface area contributed by atoms with Crippen molar-refractivity contribution in [1.29, 1.82) is 0 Å². The van der Waals surface area contributed by atoms with Gasteiger partial charge in [-0.15, -0.1) is 10.2 Å². The largest absolute Gasteiger partial charge is 0.389 e. The summed E-state index contributed by atoms with van der Waals surface area (Å²) in [5, 5.41) is 8.75. The Morgan fingerprint density at radius 2 is 2.00 bits per heavy atom. The van der Waals surface area contributed by atoms with Crippen molar-refractivity contribution in [2.24, 2.45) is 0 Å². The summed E-state index contributed by atoms with van der Waals surface area (Å²) in [5.41, 5.74) is 5.57. The zero-order chi connectivity index (χ0) is 9.97. The van der Waals surface area contributed by atoms with Crippen molar-refractivity contribution in [2.45, 2.75) is 13.0 Å². The third-order valence-electron chi connectivity index (χ3n) is 1.24. The lowest BCUT2D eigenvalue weighted by atomic mass is 10.9. The Bertz CT molecular complexity index is 423. The van der Waals surface area contributed by atoms with Crippen LogP contribution in [0.4, 0.5) is 5.00 Å². The van der Waals surface area contributed by atoms with E-state index < -0.39 is 0 Å². The van der Waals surface area contributed by atoms with Gasteiger partial charge < -0.3 is 5.73 Å². The Balaban J connectivity index is 2.10. The van der Waals surface area contributed by atoms with Gasteiger partial charge in [0.2, 0.25) is 0 Å². The first-order valence-corrected chi connectivity index (χ1v) is 7.22. The van der Waals surface area contributed by atoms with Gasteiger partial charge in [-0.3, -0.25) is 0 Å². The second-order valence-corrected chi connectivity index (χ2v) is 6.76. The average molecular weight is 262 g/mol. The van der Waals surface area contributed by atoms with Gasteiger partial charge in [0.25, 0.3) is 0 Å². The monoisotopic (exact) mass is 262 g/mol. The summed E-state index contributed by atoms with van der Waals surface area (Å²) in [5.74, 6) is 0. The number of nitrogens with two attached hydrogens (primary N) is 1. The number of nitrogens with zero attached hydrogens (tertiary/aromatic N) is 3. The fourth-order valence-electron chi connectivity index (χ4n) is 0.713. The molecule has 0 aliphatic carbocycles. The number of hydrogen-bond donors (Lipinski definition) is 1. The molecule has 4 nitrogen and oxygen atoms in total. The minimum Gasteiger partial charge on any atom is -0.389 e. The molecular weight excluding hydrogens is 256 g/mol. The average Bonchev–Trinajstić information content (AvgIpc) is 2.76. The highest BCUT2D eigenvalue weighted by Gasteiger charge is 2.07. The van der Waals surface area contributed by atoms with Gasteiger partial charge in [0.15, 0.2) is 13.0 Å². The molecule has 2 aromatic heterocycles. The topological polar surface area (TPSA) is 64.7 Å². The van der Waals surface area contributed by atoms with Crippen molar-refractivity contribution < 1.29 is 0 Å². The zero-order valence-corrected chi connectivity index (χ0v) is 10.4. The van der Waals surface area contributed by atoms with E-state index in [0.717, 1.165) is 18.0 Å². The maximum Gasteiger partial charge on any atom is 0.182 e. The quantitative estimate of drug-likeness (QED) is 0.857. The molecular formula is C6H6N4S4. The van der Waals surface area contributed by atoms with Crippen molar-refractivity contribution >= 4 is 51.2 Å². The molecule has 74 valence electrons. The highest BCUT2D eigenvalue weighted by atomic mass is 32.2. The van der Waals surface area contributed by atoms with Crippen LogP contribution in [0.1, 0.15) is 0 Å². The van der Waals surface area contributed by atoms with E-state index >= 15 is 0 Å². The van der Waals surface area contributed by atoms with Crippen molar-refractivity contribution in [3.05, 3.63) is 6.20 Å².